The van der Waals surface area contributed by atoms with E-state index in [0.29, 0.717) is 17.9 Å². The Bertz CT molecular complexity index is 389. The number of rotatable bonds is 5. The largest absolute Gasteiger partial charge is 0.397 e. The Morgan fingerprint density at radius 3 is 2.71 bits per heavy atom. The lowest BCUT2D eigenvalue weighted by molar-refractivity contribution is -0.121. The van der Waals surface area contributed by atoms with E-state index in [-0.39, 0.29) is 24.7 Å². The molecule has 0 saturated carbocycles. The zero-order chi connectivity index (χ0) is 12.7. The minimum atomic E-state index is -0.161. The van der Waals surface area contributed by atoms with Crippen LogP contribution < -0.4 is 16.4 Å². The van der Waals surface area contributed by atoms with Crippen LogP contribution >= 0.6 is 0 Å². The van der Waals surface area contributed by atoms with Crippen LogP contribution in [0.1, 0.15) is 12.1 Å². The fraction of sp³-hybridized carbons (Fsp3) is 0.364. The molecular formula is C11H16N4O2. The molecule has 0 spiro atoms. The van der Waals surface area contributed by atoms with Crippen LogP contribution in [0.5, 0.6) is 0 Å². The number of carbonyl (C=O) groups is 2. The van der Waals surface area contributed by atoms with E-state index in [9.17, 15) is 9.59 Å². The number of hydrogen-bond acceptors (Lipinski definition) is 4. The van der Waals surface area contributed by atoms with Crippen LogP contribution in [0.25, 0.3) is 0 Å². The Labute approximate surface area is 99.6 Å². The summed E-state index contributed by atoms with van der Waals surface area (Å²) in [5.74, 6) is -0.262. The predicted octanol–water partition coefficient (Wildman–Crippen LogP) is -0.541. The van der Waals surface area contributed by atoms with Gasteiger partial charge in [-0.2, -0.15) is 0 Å². The average Bonchev–Trinajstić information content (AvgIpc) is 2.32. The number of anilines is 1. The minimum absolute atomic E-state index is 0.101. The number of nitrogen functional groups attached to an aromatic ring is 1. The first kappa shape index (κ1) is 13.0. The summed E-state index contributed by atoms with van der Waals surface area (Å²) >= 11 is 0. The number of aromatic nitrogens is 1. The van der Waals surface area contributed by atoms with Crippen LogP contribution in [-0.2, 0) is 16.0 Å². The second-order valence-corrected chi connectivity index (χ2v) is 3.53. The van der Waals surface area contributed by atoms with Crippen molar-refractivity contribution in [1.82, 2.24) is 15.6 Å². The van der Waals surface area contributed by atoms with E-state index in [1.165, 1.54) is 6.20 Å². The zero-order valence-electron chi connectivity index (χ0n) is 9.69. The lowest BCUT2D eigenvalue weighted by Crippen LogP contribution is -2.30. The Hall–Kier alpha value is -2.11. The summed E-state index contributed by atoms with van der Waals surface area (Å²) in [4.78, 5) is 26.4. The lowest BCUT2D eigenvalue weighted by atomic mass is 10.2. The van der Waals surface area contributed by atoms with Gasteiger partial charge in [-0.3, -0.25) is 14.6 Å². The molecule has 0 aromatic carbocycles. The highest BCUT2D eigenvalue weighted by Crippen LogP contribution is 2.01. The van der Waals surface area contributed by atoms with Crippen molar-refractivity contribution >= 4 is 17.5 Å². The summed E-state index contributed by atoms with van der Waals surface area (Å²) in [6.07, 6.45) is 1.97. The standard InChI is InChI=1S/C11H16N4O2/c1-13-10(16)4-5-14-11(17)6-9-3-2-8(12)7-15-9/h2-3,7H,4-6,12H2,1H3,(H,13,16)(H,14,17). The molecule has 1 heterocycles. The molecular weight excluding hydrogens is 220 g/mol. The van der Waals surface area contributed by atoms with E-state index in [4.69, 9.17) is 5.73 Å². The molecule has 17 heavy (non-hydrogen) atoms. The summed E-state index contributed by atoms with van der Waals surface area (Å²) in [6, 6.07) is 3.40. The average molecular weight is 236 g/mol. The molecule has 0 unspecified atom stereocenters. The molecule has 0 bridgehead atoms. The van der Waals surface area contributed by atoms with Crippen LogP contribution in [0.2, 0.25) is 0 Å². The number of nitrogens with zero attached hydrogens (tertiary/aromatic N) is 1. The van der Waals surface area contributed by atoms with Crippen LogP contribution in [-0.4, -0.2) is 30.4 Å². The first-order valence-electron chi connectivity index (χ1n) is 5.29. The van der Waals surface area contributed by atoms with Crippen molar-refractivity contribution < 1.29 is 9.59 Å². The first-order chi connectivity index (χ1) is 8.11. The number of nitrogens with one attached hydrogen (secondary N) is 2. The van der Waals surface area contributed by atoms with Gasteiger partial charge in [-0.1, -0.05) is 0 Å². The normalized spacial score (nSPS) is 9.71. The fourth-order valence-corrected chi connectivity index (χ4v) is 1.21. The van der Waals surface area contributed by atoms with Gasteiger partial charge in [0.1, 0.15) is 0 Å². The number of carbonyl (C=O) groups excluding carboxylic acids is 2. The molecule has 0 aliphatic heterocycles. The Kier molecular flexibility index (Phi) is 4.93. The third-order valence-corrected chi connectivity index (χ3v) is 2.14. The second-order valence-electron chi connectivity index (χ2n) is 3.53. The highest BCUT2D eigenvalue weighted by atomic mass is 16.2. The first-order valence-corrected chi connectivity index (χ1v) is 5.29. The van der Waals surface area contributed by atoms with E-state index in [1.807, 2.05) is 0 Å². The zero-order valence-corrected chi connectivity index (χ0v) is 9.69. The van der Waals surface area contributed by atoms with Crippen molar-refractivity contribution in [3.63, 3.8) is 0 Å². The summed E-state index contributed by atoms with van der Waals surface area (Å²) < 4.78 is 0. The van der Waals surface area contributed by atoms with Crippen LogP contribution in [0.4, 0.5) is 5.69 Å². The molecule has 1 aromatic rings. The molecule has 0 aliphatic carbocycles. The molecule has 92 valence electrons. The van der Waals surface area contributed by atoms with E-state index in [0.717, 1.165) is 0 Å². The molecule has 0 atom stereocenters. The molecule has 2 amide bonds. The Balaban J connectivity index is 2.30. The maximum Gasteiger partial charge on any atom is 0.226 e. The summed E-state index contributed by atoms with van der Waals surface area (Å²) in [5.41, 5.74) is 6.69. The van der Waals surface area contributed by atoms with Crippen molar-refractivity contribution in [3.05, 3.63) is 24.0 Å². The SMILES string of the molecule is CNC(=O)CCNC(=O)Cc1ccc(N)cn1. The Morgan fingerprint density at radius 2 is 2.12 bits per heavy atom. The predicted molar refractivity (Wildman–Crippen MR) is 64.0 cm³/mol. The number of amides is 2. The van der Waals surface area contributed by atoms with Crippen molar-refractivity contribution in [1.29, 1.82) is 0 Å². The van der Waals surface area contributed by atoms with E-state index in [2.05, 4.69) is 15.6 Å². The maximum atomic E-state index is 11.5. The number of pyridine rings is 1. The lowest BCUT2D eigenvalue weighted by Gasteiger charge is -2.04. The molecule has 4 N–H and O–H groups in total. The summed E-state index contributed by atoms with van der Waals surface area (Å²) in [7, 11) is 1.56. The minimum Gasteiger partial charge on any atom is -0.397 e. The summed E-state index contributed by atoms with van der Waals surface area (Å²) in [6.45, 7) is 0.327. The Morgan fingerprint density at radius 1 is 1.35 bits per heavy atom. The quantitative estimate of drug-likeness (QED) is 0.639. The van der Waals surface area contributed by atoms with Crippen LogP contribution in [0.15, 0.2) is 18.3 Å². The van der Waals surface area contributed by atoms with Crippen LogP contribution in [0.3, 0.4) is 0 Å². The highest BCUT2D eigenvalue weighted by molar-refractivity contribution is 5.80. The second kappa shape index (κ2) is 6.47. The van der Waals surface area contributed by atoms with Gasteiger partial charge in [0, 0.05) is 25.7 Å². The molecule has 1 aromatic heterocycles. The maximum absolute atomic E-state index is 11.5. The van der Waals surface area contributed by atoms with E-state index >= 15 is 0 Å². The third kappa shape index (κ3) is 4.96. The van der Waals surface area contributed by atoms with Gasteiger partial charge in [-0.15, -0.1) is 0 Å². The summed E-state index contributed by atoms with van der Waals surface area (Å²) in [5, 5.41) is 5.12. The smallest absolute Gasteiger partial charge is 0.226 e. The number of hydrogen-bond donors (Lipinski definition) is 3. The third-order valence-electron chi connectivity index (χ3n) is 2.14. The number of nitrogens with two attached hydrogens (primary N) is 1. The molecule has 0 aliphatic rings. The molecule has 0 saturated heterocycles. The van der Waals surface area contributed by atoms with Gasteiger partial charge in [-0.05, 0) is 12.1 Å². The topological polar surface area (TPSA) is 97.1 Å². The molecule has 0 radical (unpaired) electrons. The highest BCUT2D eigenvalue weighted by Gasteiger charge is 2.05. The van der Waals surface area contributed by atoms with Gasteiger partial charge in [0.05, 0.1) is 18.3 Å². The molecule has 1 rings (SSSR count). The van der Waals surface area contributed by atoms with E-state index < -0.39 is 0 Å². The van der Waals surface area contributed by atoms with Crippen LogP contribution in [0, 0.1) is 0 Å². The van der Waals surface area contributed by atoms with Gasteiger partial charge < -0.3 is 16.4 Å². The molecule has 0 fully saturated rings. The molecule has 6 nitrogen and oxygen atoms in total. The van der Waals surface area contributed by atoms with Gasteiger partial charge in [0.15, 0.2) is 0 Å². The molecule has 6 heteroatoms. The van der Waals surface area contributed by atoms with Gasteiger partial charge >= 0.3 is 0 Å². The van der Waals surface area contributed by atoms with Crippen molar-refractivity contribution in [2.45, 2.75) is 12.8 Å². The van der Waals surface area contributed by atoms with Crippen molar-refractivity contribution in [2.24, 2.45) is 0 Å². The monoisotopic (exact) mass is 236 g/mol. The van der Waals surface area contributed by atoms with E-state index in [1.54, 1.807) is 19.2 Å². The van der Waals surface area contributed by atoms with Gasteiger partial charge in [0.2, 0.25) is 11.8 Å². The fourth-order valence-electron chi connectivity index (χ4n) is 1.21. The van der Waals surface area contributed by atoms with Gasteiger partial charge in [-0.25, -0.2) is 0 Å². The van der Waals surface area contributed by atoms with Crippen molar-refractivity contribution in [2.75, 3.05) is 19.3 Å². The van der Waals surface area contributed by atoms with Gasteiger partial charge in [0.25, 0.3) is 0 Å². The van der Waals surface area contributed by atoms with Crippen molar-refractivity contribution in [3.8, 4) is 0 Å².